The summed E-state index contributed by atoms with van der Waals surface area (Å²) in [6.45, 7) is 3.83. The van der Waals surface area contributed by atoms with Gasteiger partial charge in [-0.1, -0.05) is 0 Å². The molecule has 0 aliphatic carbocycles. The molecule has 0 radical (unpaired) electrons. The molecule has 1 N–H and O–H groups in total. The van der Waals surface area contributed by atoms with Crippen LogP contribution in [0.1, 0.15) is 26.7 Å². The monoisotopic (exact) mass is 230 g/mol. The van der Waals surface area contributed by atoms with Crippen molar-refractivity contribution in [3.63, 3.8) is 0 Å². The number of aliphatic hydroxyl groups excluding tert-OH is 1. The molecule has 0 rings (SSSR count). The number of hydrogen-bond donors (Lipinski definition) is 1. The number of hydrogen-bond acceptors (Lipinski definition) is 3. The zero-order valence-corrected chi connectivity index (χ0v) is 9.44. The molecule has 0 saturated heterocycles. The van der Waals surface area contributed by atoms with E-state index in [1.807, 2.05) is 0 Å². The number of alkyl halides is 2. The minimum absolute atomic E-state index is 0.177. The lowest BCUT2D eigenvalue weighted by atomic mass is 10.4. The zero-order valence-electron chi connectivity index (χ0n) is 7.93. The summed E-state index contributed by atoms with van der Waals surface area (Å²) in [6, 6.07) is 0. The summed E-state index contributed by atoms with van der Waals surface area (Å²) >= 11 is 10.6. The van der Waals surface area contributed by atoms with Crippen molar-refractivity contribution in [2.45, 2.75) is 31.5 Å². The summed E-state index contributed by atoms with van der Waals surface area (Å²) in [6.07, 6.45) is 1.37. The van der Waals surface area contributed by atoms with Crippen LogP contribution in [0.3, 0.4) is 0 Å². The number of halogens is 2. The molecule has 5 heteroatoms. The van der Waals surface area contributed by atoms with Crippen LogP contribution < -0.4 is 0 Å². The first-order chi connectivity index (χ1) is 6.04. The van der Waals surface area contributed by atoms with Crippen LogP contribution in [0.15, 0.2) is 0 Å². The molecule has 3 nitrogen and oxygen atoms in total. The first-order valence-corrected chi connectivity index (χ1v) is 4.94. The van der Waals surface area contributed by atoms with Gasteiger partial charge in [-0.3, -0.25) is 4.79 Å². The number of carbonyl (C=O) groups is 1. The Balaban J connectivity index is 0. The van der Waals surface area contributed by atoms with E-state index in [4.69, 9.17) is 28.3 Å². The van der Waals surface area contributed by atoms with Crippen LogP contribution in [0.4, 0.5) is 0 Å². The lowest BCUT2D eigenvalue weighted by Crippen LogP contribution is -1.95. The standard InChI is InChI=1S/C4H8Cl2O.C4H8O2/c5-4(6)2-1-3-7;1-3-6-4(2)5/h4,7H,1-3H2;3H2,1-2H3. The van der Waals surface area contributed by atoms with Gasteiger partial charge in [-0.05, 0) is 19.8 Å². The van der Waals surface area contributed by atoms with Crippen LogP contribution in [0.25, 0.3) is 0 Å². The van der Waals surface area contributed by atoms with Gasteiger partial charge in [0.2, 0.25) is 0 Å². The first kappa shape index (κ1) is 15.5. The summed E-state index contributed by atoms with van der Waals surface area (Å²) in [5.74, 6) is -0.211. The molecule has 13 heavy (non-hydrogen) atoms. The summed E-state index contributed by atoms with van der Waals surface area (Å²) in [4.78, 5) is 9.51. The molecule has 0 aliphatic heterocycles. The average molecular weight is 231 g/mol. The van der Waals surface area contributed by atoms with E-state index in [-0.39, 0.29) is 17.4 Å². The highest BCUT2D eigenvalue weighted by Gasteiger charge is 1.94. The first-order valence-electron chi connectivity index (χ1n) is 4.06. The van der Waals surface area contributed by atoms with Crippen LogP contribution in [0, 0.1) is 0 Å². The highest BCUT2D eigenvalue weighted by molar-refractivity contribution is 6.44. The van der Waals surface area contributed by atoms with E-state index < -0.39 is 0 Å². The normalized spacial score (nSPS) is 9.08. The molecule has 0 atom stereocenters. The molecule has 0 saturated carbocycles. The predicted molar refractivity (Wildman–Crippen MR) is 54.1 cm³/mol. The number of ether oxygens (including phenoxy) is 1. The Bertz CT molecular complexity index is 118. The average Bonchev–Trinajstić information content (AvgIpc) is 2.01. The zero-order chi connectivity index (χ0) is 10.7. The Morgan fingerprint density at radius 3 is 2.15 bits per heavy atom. The van der Waals surface area contributed by atoms with Crippen LogP contribution >= 0.6 is 23.2 Å². The van der Waals surface area contributed by atoms with Crippen molar-refractivity contribution in [1.29, 1.82) is 0 Å². The molecule has 0 aromatic rings. The summed E-state index contributed by atoms with van der Waals surface area (Å²) < 4.78 is 4.40. The largest absolute Gasteiger partial charge is 0.466 e. The molecule has 0 aliphatic rings. The maximum absolute atomic E-state index is 9.82. The molecule has 0 aromatic carbocycles. The SMILES string of the molecule is CCOC(C)=O.OCCCC(Cl)Cl. The van der Waals surface area contributed by atoms with E-state index >= 15 is 0 Å². The molecule has 0 fully saturated rings. The molecule has 0 heterocycles. The Hall–Kier alpha value is 0.01000. The molecular weight excluding hydrogens is 215 g/mol. The fraction of sp³-hybridized carbons (Fsp3) is 0.875. The fourth-order valence-electron chi connectivity index (χ4n) is 0.449. The van der Waals surface area contributed by atoms with E-state index in [1.54, 1.807) is 6.92 Å². The van der Waals surface area contributed by atoms with Gasteiger partial charge in [0.1, 0.15) is 4.84 Å². The molecule has 80 valence electrons. The van der Waals surface area contributed by atoms with Crippen LogP contribution in [0.5, 0.6) is 0 Å². The van der Waals surface area contributed by atoms with Gasteiger partial charge in [-0.2, -0.15) is 0 Å². The second-order valence-corrected chi connectivity index (χ2v) is 3.46. The number of aliphatic hydroxyl groups is 1. The number of esters is 1. The third-order valence-electron chi connectivity index (χ3n) is 0.928. The van der Waals surface area contributed by atoms with E-state index in [1.165, 1.54) is 6.92 Å². The van der Waals surface area contributed by atoms with E-state index in [9.17, 15) is 4.79 Å². The summed E-state index contributed by atoms with van der Waals surface area (Å²) in [7, 11) is 0. The molecule has 0 aromatic heterocycles. The van der Waals surface area contributed by atoms with Crippen molar-refractivity contribution in [3.8, 4) is 0 Å². The Morgan fingerprint density at radius 1 is 1.54 bits per heavy atom. The van der Waals surface area contributed by atoms with Gasteiger partial charge in [-0.25, -0.2) is 0 Å². The Kier molecular flexibility index (Phi) is 14.3. The van der Waals surface area contributed by atoms with Crippen molar-refractivity contribution in [2.75, 3.05) is 13.2 Å². The highest BCUT2D eigenvalue weighted by atomic mass is 35.5. The lowest BCUT2D eigenvalue weighted by Gasteiger charge is -1.94. The summed E-state index contributed by atoms with van der Waals surface area (Å²) in [5.41, 5.74) is 0. The van der Waals surface area contributed by atoms with E-state index in [0.717, 1.165) is 0 Å². The maximum Gasteiger partial charge on any atom is 0.302 e. The number of carbonyl (C=O) groups excluding carboxylic acids is 1. The Morgan fingerprint density at radius 2 is 2.08 bits per heavy atom. The van der Waals surface area contributed by atoms with Crippen LogP contribution in [-0.2, 0) is 9.53 Å². The second kappa shape index (κ2) is 12.0. The quantitative estimate of drug-likeness (QED) is 0.595. The molecule has 0 spiro atoms. The topological polar surface area (TPSA) is 46.5 Å². The van der Waals surface area contributed by atoms with Crippen molar-refractivity contribution < 1.29 is 14.6 Å². The third-order valence-corrected chi connectivity index (χ3v) is 1.36. The predicted octanol–water partition coefficient (Wildman–Crippen LogP) is 2.13. The van der Waals surface area contributed by atoms with E-state index in [0.29, 0.717) is 19.4 Å². The van der Waals surface area contributed by atoms with Gasteiger partial charge in [0.25, 0.3) is 0 Å². The minimum Gasteiger partial charge on any atom is -0.466 e. The Labute approximate surface area is 89.0 Å². The van der Waals surface area contributed by atoms with Gasteiger partial charge in [0.15, 0.2) is 0 Å². The van der Waals surface area contributed by atoms with Crippen molar-refractivity contribution >= 4 is 29.2 Å². The van der Waals surface area contributed by atoms with Crippen molar-refractivity contribution in [3.05, 3.63) is 0 Å². The van der Waals surface area contributed by atoms with Gasteiger partial charge in [0.05, 0.1) is 6.61 Å². The smallest absolute Gasteiger partial charge is 0.302 e. The molecule has 0 amide bonds. The molecular formula is C8H16Cl2O3. The lowest BCUT2D eigenvalue weighted by molar-refractivity contribution is -0.140. The van der Waals surface area contributed by atoms with E-state index in [2.05, 4.69) is 4.74 Å². The minimum atomic E-state index is -0.313. The van der Waals surface area contributed by atoms with Gasteiger partial charge < -0.3 is 9.84 Å². The highest BCUT2D eigenvalue weighted by Crippen LogP contribution is 2.07. The van der Waals surface area contributed by atoms with Crippen molar-refractivity contribution in [1.82, 2.24) is 0 Å². The summed E-state index contributed by atoms with van der Waals surface area (Å²) in [5, 5.41) is 8.20. The second-order valence-electron chi connectivity index (χ2n) is 2.18. The van der Waals surface area contributed by atoms with Crippen LogP contribution in [-0.4, -0.2) is 29.1 Å². The van der Waals surface area contributed by atoms with Gasteiger partial charge in [-0.15, -0.1) is 23.2 Å². The van der Waals surface area contributed by atoms with Crippen molar-refractivity contribution in [2.24, 2.45) is 0 Å². The van der Waals surface area contributed by atoms with Crippen LogP contribution in [0.2, 0.25) is 0 Å². The van der Waals surface area contributed by atoms with Gasteiger partial charge in [0, 0.05) is 13.5 Å². The molecule has 0 unspecified atom stereocenters. The maximum atomic E-state index is 9.82. The van der Waals surface area contributed by atoms with Gasteiger partial charge >= 0.3 is 5.97 Å². The number of rotatable bonds is 4. The third kappa shape index (κ3) is 24.5. The molecule has 0 bridgehead atoms. The fourth-order valence-corrected chi connectivity index (χ4v) is 0.757.